The molecule has 0 radical (unpaired) electrons. The molecule has 178 valence electrons. The fourth-order valence-electron chi connectivity index (χ4n) is 4.27. The second-order valence-corrected chi connectivity index (χ2v) is 10.5. The van der Waals surface area contributed by atoms with Crippen LogP contribution < -0.4 is 10.2 Å². The summed E-state index contributed by atoms with van der Waals surface area (Å²) in [6, 6.07) is 9.49. The average molecular weight is 502 g/mol. The molecule has 1 N–H and O–H groups in total. The first-order valence-electron chi connectivity index (χ1n) is 11.0. The number of halogens is 2. The van der Waals surface area contributed by atoms with Crippen LogP contribution in [0.4, 0.5) is 5.82 Å². The number of hydrogen-bond acceptors (Lipinski definition) is 5. The van der Waals surface area contributed by atoms with Crippen molar-refractivity contribution >= 4 is 40.7 Å². The minimum Gasteiger partial charge on any atom is -0.354 e. The van der Waals surface area contributed by atoms with Gasteiger partial charge in [0.1, 0.15) is 5.82 Å². The predicted molar refractivity (Wildman–Crippen MR) is 136 cm³/mol. The van der Waals surface area contributed by atoms with E-state index in [-0.39, 0.29) is 24.8 Å². The van der Waals surface area contributed by atoms with Crippen molar-refractivity contribution in [3.8, 4) is 11.1 Å². The monoisotopic (exact) mass is 500 g/mol. The van der Waals surface area contributed by atoms with Gasteiger partial charge in [-0.05, 0) is 48.1 Å². The van der Waals surface area contributed by atoms with E-state index in [1.54, 1.807) is 16.4 Å². The van der Waals surface area contributed by atoms with Crippen molar-refractivity contribution in [1.29, 1.82) is 0 Å². The Labute approximate surface area is 204 Å². The van der Waals surface area contributed by atoms with E-state index in [0.29, 0.717) is 23.9 Å². The van der Waals surface area contributed by atoms with E-state index in [0.717, 1.165) is 62.4 Å². The third kappa shape index (κ3) is 5.75. The van der Waals surface area contributed by atoms with Crippen LogP contribution in [-0.2, 0) is 10.0 Å². The third-order valence-corrected chi connectivity index (χ3v) is 7.99. The highest BCUT2D eigenvalue weighted by atomic mass is 35.5. The van der Waals surface area contributed by atoms with Crippen LogP contribution in [0.25, 0.3) is 11.1 Å². The first kappa shape index (κ1) is 26.9. The number of hydrogen-bond donors (Lipinski definition) is 1. The number of benzene rings is 1. The van der Waals surface area contributed by atoms with E-state index in [9.17, 15) is 8.42 Å². The molecular weight excluding hydrogens is 467 g/mol. The Hall–Kier alpha value is -1.38. The molecule has 4 rings (SSSR count). The van der Waals surface area contributed by atoms with Crippen molar-refractivity contribution in [1.82, 2.24) is 14.6 Å². The van der Waals surface area contributed by atoms with Crippen molar-refractivity contribution in [2.24, 2.45) is 0 Å². The second kappa shape index (κ2) is 11.7. The summed E-state index contributed by atoms with van der Waals surface area (Å²) in [4.78, 5) is 7.54. The molecule has 0 spiro atoms. The lowest BCUT2D eigenvalue weighted by atomic mass is 9.98. The van der Waals surface area contributed by atoms with Crippen molar-refractivity contribution < 1.29 is 8.42 Å². The summed E-state index contributed by atoms with van der Waals surface area (Å²) in [6.07, 6.45) is 4.91. The second-order valence-electron chi connectivity index (χ2n) is 8.52. The van der Waals surface area contributed by atoms with Crippen molar-refractivity contribution in [2.75, 3.05) is 44.2 Å². The summed E-state index contributed by atoms with van der Waals surface area (Å²) in [5.74, 6) is 1.43. The molecule has 0 unspecified atom stereocenters. The highest BCUT2D eigenvalue weighted by Crippen LogP contribution is 2.31. The maximum absolute atomic E-state index is 12.9. The van der Waals surface area contributed by atoms with Crippen LogP contribution in [0.3, 0.4) is 0 Å². The zero-order valence-electron chi connectivity index (χ0n) is 18.8. The van der Waals surface area contributed by atoms with Gasteiger partial charge in [0.25, 0.3) is 0 Å². The van der Waals surface area contributed by atoms with Gasteiger partial charge in [0.05, 0.1) is 4.90 Å². The lowest BCUT2D eigenvalue weighted by Gasteiger charge is -2.31. The van der Waals surface area contributed by atoms with E-state index >= 15 is 0 Å². The highest BCUT2D eigenvalue weighted by Gasteiger charge is 2.26. The molecule has 0 saturated carbocycles. The van der Waals surface area contributed by atoms with Crippen molar-refractivity contribution in [3.63, 3.8) is 0 Å². The summed E-state index contributed by atoms with van der Waals surface area (Å²) in [6.45, 7) is 9.53. The molecule has 1 aromatic heterocycles. The molecule has 2 fully saturated rings. The van der Waals surface area contributed by atoms with Crippen LogP contribution in [-0.4, -0.2) is 57.0 Å². The molecule has 9 heteroatoms. The largest absolute Gasteiger partial charge is 0.354 e. The molecule has 2 aromatic rings. The predicted octanol–water partition coefficient (Wildman–Crippen LogP) is 4.30. The van der Waals surface area contributed by atoms with Crippen LogP contribution in [0.2, 0.25) is 0 Å². The molecule has 2 aliphatic rings. The number of piperazine rings is 1. The Morgan fingerprint density at radius 1 is 0.906 bits per heavy atom. The molecule has 0 atom stereocenters. The Morgan fingerprint density at radius 3 is 2.12 bits per heavy atom. The number of nitrogens with zero attached hydrogens (tertiary/aromatic N) is 3. The van der Waals surface area contributed by atoms with Gasteiger partial charge in [0, 0.05) is 51.0 Å². The number of sulfonamides is 1. The zero-order valence-corrected chi connectivity index (χ0v) is 21.2. The molecule has 0 amide bonds. The molecule has 1 aromatic carbocycles. The quantitative estimate of drug-likeness (QED) is 0.662. The molecule has 0 aliphatic carbocycles. The van der Waals surface area contributed by atoms with Gasteiger partial charge in [-0.25, -0.2) is 13.4 Å². The Bertz CT molecular complexity index is 972. The highest BCUT2D eigenvalue weighted by molar-refractivity contribution is 7.89. The summed E-state index contributed by atoms with van der Waals surface area (Å²) < 4.78 is 27.4. The number of rotatable bonds is 5. The van der Waals surface area contributed by atoms with Crippen LogP contribution in [0.15, 0.2) is 41.4 Å². The van der Waals surface area contributed by atoms with Crippen LogP contribution >= 0.6 is 24.8 Å². The average Bonchev–Trinajstić information content (AvgIpc) is 2.80. The van der Waals surface area contributed by atoms with Crippen molar-refractivity contribution in [2.45, 2.75) is 43.9 Å². The Balaban J connectivity index is 0.00000181. The van der Waals surface area contributed by atoms with E-state index in [4.69, 9.17) is 4.98 Å². The standard InChI is InChI=1S/C23H32N4O2S.2ClH/c1-18(2)22-16-20(17-25-23(22)26-14-10-24-11-15-26)19-6-8-21(9-7-19)30(28,29)27-12-4-3-5-13-27;;/h6-9,16-18,24H,3-5,10-15H2,1-2H3;2*1H. The topological polar surface area (TPSA) is 65.5 Å². The zero-order chi connectivity index (χ0) is 21.1. The molecule has 32 heavy (non-hydrogen) atoms. The Kier molecular flexibility index (Phi) is 9.79. The summed E-state index contributed by atoms with van der Waals surface area (Å²) in [5.41, 5.74) is 3.26. The van der Waals surface area contributed by atoms with Gasteiger partial charge < -0.3 is 10.2 Å². The lowest BCUT2D eigenvalue weighted by molar-refractivity contribution is 0.346. The number of anilines is 1. The molecule has 0 bridgehead atoms. The maximum atomic E-state index is 12.9. The number of nitrogens with one attached hydrogen (secondary N) is 1. The number of piperidine rings is 1. The van der Waals surface area contributed by atoms with Crippen LogP contribution in [0.1, 0.15) is 44.6 Å². The normalized spacial score (nSPS) is 17.5. The molecule has 2 aliphatic heterocycles. The van der Waals surface area contributed by atoms with E-state index in [1.165, 1.54) is 5.56 Å². The summed E-state index contributed by atoms with van der Waals surface area (Å²) in [7, 11) is -3.40. The minimum atomic E-state index is -3.40. The fraction of sp³-hybridized carbons (Fsp3) is 0.522. The van der Waals surface area contributed by atoms with E-state index in [2.05, 4.69) is 30.1 Å². The maximum Gasteiger partial charge on any atom is 0.243 e. The summed E-state index contributed by atoms with van der Waals surface area (Å²) >= 11 is 0. The number of aromatic nitrogens is 1. The SMILES string of the molecule is CC(C)c1cc(-c2ccc(S(=O)(=O)N3CCCCC3)cc2)cnc1N1CCNCC1.Cl.Cl. The molecule has 2 saturated heterocycles. The third-order valence-electron chi connectivity index (χ3n) is 6.07. The van der Waals surface area contributed by atoms with E-state index in [1.807, 2.05) is 18.3 Å². The van der Waals surface area contributed by atoms with Crippen molar-refractivity contribution in [3.05, 3.63) is 42.1 Å². The van der Waals surface area contributed by atoms with Crippen LogP contribution in [0, 0.1) is 0 Å². The molecular formula is C23H34Cl2N4O2S. The van der Waals surface area contributed by atoms with Crippen LogP contribution in [0.5, 0.6) is 0 Å². The van der Waals surface area contributed by atoms with Gasteiger partial charge >= 0.3 is 0 Å². The fourth-order valence-corrected chi connectivity index (χ4v) is 5.79. The smallest absolute Gasteiger partial charge is 0.243 e. The van der Waals surface area contributed by atoms with Gasteiger partial charge in [-0.3, -0.25) is 0 Å². The van der Waals surface area contributed by atoms with Gasteiger partial charge in [-0.1, -0.05) is 32.4 Å². The van der Waals surface area contributed by atoms with Gasteiger partial charge in [-0.15, -0.1) is 24.8 Å². The van der Waals surface area contributed by atoms with Gasteiger partial charge in [0.2, 0.25) is 10.0 Å². The minimum absolute atomic E-state index is 0. The Morgan fingerprint density at radius 2 is 1.53 bits per heavy atom. The summed E-state index contributed by atoms with van der Waals surface area (Å²) in [5, 5.41) is 3.39. The first-order valence-corrected chi connectivity index (χ1v) is 12.5. The van der Waals surface area contributed by atoms with E-state index < -0.39 is 10.0 Å². The molecule has 6 nitrogen and oxygen atoms in total. The van der Waals surface area contributed by atoms with Gasteiger partial charge in [0.15, 0.2) is 0 Å². The first-order chi connectivity index (χ1) is 14.5. The molecule has 3 heterocycles. The van der Waals surface area contributed by atoms with Gasteiger partial charge in [-0.2, -0.15) is 4.31 Å². The number of pyridine rings is 1. The lowest BCUT2D eigenvalue weighted by Crippen LogP contribution is -2.44.